The van der Waals surface area contributed by atoms with Gasteiger partial charge in [-0.3, -0.25) is 19.6 Å². The van der Waals surface area contributed by atoms with Gasteiger partial charge in [-0.1, -0.05) is 18.2 Å². The fourth-order valence-electron chi connectivity index (χ4n) is 1.36. The number of rotatable bonds is 2. The Morgan fingerprint density at radius 2 is 2.06 bits per heavy atom. The number of nitrogens with zero attached hydrogens (tertiary/aromatic N) is 3. The topological polar surface area (TPSA) is 78.0 Å². The number of hydrogen-bond donors (Lipinski definition) is 0. The Balaban J connectivity index is 0.000000317. The molecule has 0 fully saturated rings. The van der Waals surface area contributed by atoms with E-state index in [0.717, 1.165) is 18.0 Å². The Bertz CT molecular complexity index is 529. The number of fused-ring (bicyclic) bond motifs is 1. The average Bonchev–Trinajstić information content (AvgIpc) is 2.60. The van der Waals surface area contributed by atoms with Crippen molar-refractivity contribution in [1.82, 2.24) is 9.78 Å². The van der Waals surface area contributed by atoms with Crippen LogP contribution in [0.1, 0.15) is 6.92 Å². The van der Waals surface area contributed by atoms with Gasteiger partial charge in [-0.05, 0) is 13.0 Å². The van der Waals surface area contributed by atoms with E-state index in [-0.39, 0.29) is 5.78 Å². The Hall–Kier alpha value is -2.24. The molecule has 2 rings (SSSR count). The van der Waals surface area contributed by atoms with Crippen molar-refractivity contribution in [2.45, 2.75) is 13.5 Å². The molecule has 0 N–H and O–H groups in total. The summed E-state index contributed by atoms with van der Waals surface area (Å²) in [5, 5.41) is 14.0. The zero-order valence-corrected chi connectivity index (χ0v) is 9.66. The third-order valence-electron chi connectivity index (χ3n) is 1.92. The predicted molar refractivity (Wildman–Crippen MR) is 63.3 cm³/mol. The number of carbonyl (C=O) groups is 1. The molecule has 0 aliphatic carbocycles. The van der Waals surface area contributed by atoms with Crippen LogP contribution in [0.4, 0.5) is 0 Å². The summed E-state index contributed by atoms with van der Waals surface area (Å²) in [4.78, 5) is 19.2. The van der Waals surface area contributed by atoms with Gasteiger partial charge >= 0.3 is 0 Å². The summed E-state index contributed by atoms with van der Waals surface area (Å²) >= 11 is 0. The maximum atomic E-state index is 10.9. The van der Waals surface area contributed by atoms with Gasteiger partial charge in [0.2, 0.25) is 0 Å². The molecule has 0 unspecified atom stereocenters. The summed E-state index contributed by atoms with van der Waals surface area (Å²) in [6.45, 7) is 1.92. The third kappa shape index (κ3) is 4.02. The summed E-state index contributed by atoms with van der Waals surface area (Å²) in [5.41, 5.74) is 1.01. The number of aromatic nitrogens is 2. The Labute approximate surface area is 98.0 Å². The maximum absolute atomic E-state index is 10.9. The number of para-hydroxylation sites is 1. The first kappa shape index (κ1) is 12.8. The molecule has 17 heavy (non-hydrogen) atoms. The minimum absolute atomic E-state index is 0.119. The van der Waals surface area contributed by atoms with Crippen LogP contribution in [0.2, 0.25) is 0 Å². The summed E-state index contributed by atoms with van der Waals surface area (Å²) < 4.78 is 1.72. The van der Waals surface area contributed by atoms with Crippen molar-refractivity contribution in [3.8, 4) is 0 Å². The van der Waals surface area contributed by atoms with E-state index < -0.39 is 4.92 Å². The maximum Gasteiger partial charge on any atom is 0.194 e. The van der Waals surface area contributed by atoms with E-state index in [0.29, 0.717) is 6.54 Å². The molecule has 2 aromatic rings. The van der Waals surface area contributed by atoms with Gasteiger partial charge in [0.1, 0.15) is 0 Å². The Kier molecular flexibility index (Phi) is 4.33. The number of Topliss-reactive ketones (excluding diaryl/α,β-unsaturated/α-hetero) is 1. The summed E-state index contributed by atoms with van der Waals surface area (Å²) in [6.07, 6.45) is 1.78. The first-order chi connectivity index (χ1) is 8.00. The van der Waals surface area contributed by atoms with Gasteiger partial charge in [0, 0.05) is 10.3 Å². The van der Waals surface area contributed by atoms with Crippen LogP contribution in [0.5, 0.6) is 0 Å². The van der Waals surface area contributed by atoms with Gasteiger partial charge in [0.15, 0.2) is 12.8 Å². The molecule has 0 radical (unpaired) electrons. The molecule has 0 aliphatic heterocycles. The lowest BCUT2D eigenvalue weighted by molar-refractivity contribution is -0.445. The van der Waals surface area contributed by atoms with Crippen molar-refractivity contribution < 1.29 is 9.72 Å². The van der Waals surface area contributed by atoms with E-state index in [1.807, 2.05) is 24.3 Å². The van der Waals surface area contributed by atoms with Crippen molar-refractivity contribution in [2.24, 2.45) is 0 Å². The molecule has 0 atom stereocenters. The van der Waals surface area contributed by atoms with Gasteiger partial charge < -0.3 is 0 Å². The largest absolute Gasteiger partial charge is 0.298 e. The number of carbonyl (C=O) groups excluding carboxylic acids is 1. The van der Waals surface area contributed by atoms with E-state index >= 15 is 0 Å². The monoisotopic (exact) mass is 235 g/mol. The number of benzene rings is 1. The molecule has 1 heterocycles. The lowest BCUT2D eigenvalue weighted by atomic mass is 10.2. The van der Waals surface area contributed by atoms with Gasteiger partial charge in [-0.15, -0.1) is 0 Å². The summed E-state index contributed by atoms with van der Waals surface area (Å²) in [6, 6.07) is 7.85. The minimum Gasteiger partial charge on any atom is -0.298 e. The zero-order chi connectivity index (χ0) is 12.8. The molecule has 6 heteroatoms. The van der Waals surface area contributed by atoms with Gasteiger partial charge in [0.05, 0.1) is 18.3 Å². The second kappa shape index (κ2) is 5.74. The van der Waals surface area contributed by atoms with E-state index in [2.05, 4.69) is 5.10 Å². The van der Waals surface area contributed by atoms with Crippen molar-refractivity contribution in [3.05, 3.63) is 40.6 Å². The second-order valence-corrected chi connectivity index (χ2v) is 3.50. The van der Waals surface area contributed by atoms with E-state index in [1.165, 1.54) is 0 Å². The van der Waals surface area contributed by atoms with E-state index in [4.69, 9.17) is 10.1 Å². The lowest BCUT2D eigenvalue weighted by Crippen LogP contribution is -2.06. The van der Waals surface area contributed by atoms with Crippen LogP contribution in [0.3, 0.4) is 0 Å². The second-order valence-electron chi connectivity index (χ2n) is 3.50. The molecule has 0 saturated carbocycles. The first-order valence-corrected chi connectivity index (χ1v) is 4.98. The van der Waals surface area contributed by atoms with Crippen LogP contribution in [0, 0.1) is 10.1 Å². The quantitative estimate of drug-likeness (QED) is 0.584. The highest BCUT2D eigenvalue weighted by Crippen LogP contribution is 2.11. The van der Waals surface area contributed by atoms with Gasteiger partial charge in [-0.2, -0.15) is 5.10 Å². The normalized spacial score (nSPS) is 9.53. The van der Waals surface area contributed by atoms with Crippen molar-refractivity contribution in [3.63, 3.8) is 0 Å². The van der Waals surface area contributed by atoms with Gasteiger partial charge in [0.25, 0.3) is 0 Å². The predicted octanol–water partition coefficient (Wildman–Crippen LogP) is 1.52. The number of ketones is 1. The van der Waals surface area contributed by atoms with Crippen molar-refractivity contribution in [1.29, 1.82) is 0 Å². The van der Waals surface area contributed by atoms with Crippen LogP contribution in [0.15, 0.2) is 30.5 Å². The molecule has 1 aromatic heterocycles. The first-order valence-electron chi connectivity index (χ1n) is 4.98. The molecular weight excluding hydrogens is 222 g/mol. The molecule has 6 nitrogen and oxygen atoms in total. The highest BCUT2D eigenvalue weighted by atomic mass is 16.6. The van der Waals surface area contributed by atoms with Crippen LogP contribution in [0.25, 0.3) is 10.9 Å². The Morgan fingerprint density at radius 3 is 2.65 bits per heavy atom. The zero-order valence-electron chi connectivity index (χ0n) is 9.66. The minimum atomic E-state index is -0.500. The lowest BCUT2D eigenvalue weighted by Gasteiger charge is -1.98. The fourth-order valence-corrected chi connectivity index (χ4v) is 1.36. The van der Waals surface area contributed by atoms with Crippen molar-refractivity contribution >= 4 is 16.7 Å². The highest BCUT2D eigenvalue weighted by Gasteiger charge is 2.02. The SMILES string of the molecule is CC(=O)Cn1ncc2ccccc21.C[N+](=O)[O-]. The molecule has 1 aromatic carbocycles. The molecule has 0 aliphatic rings. The number of hydrogen-bond acceptors (Lipinski definition) is 4. The number of nitro groups is 1. The summed E-state index contributed by atoms with van der Waals surface area (Å²) in [7, 11) is 0.889. The third-order valence-corrected chi connectivity index (χ3v) is 1.92. The summed E-state index contributed by atoms with van der Waals surface area (Å²) in [5.74, 6) is 0.119. The standard InChI is InChI=1S/C10H10N2O.CH3NO2/c1-8(13)7-12-10-5-3-2-4-9(10)6-11-12;1-2(3)4/h2-6H,7H2,1H3;1H3. The fraction of sp³-hybridized carbons (Fsp3) is 0.273. The molecule has 90 valence electrons. The van der Waals surface area contributed by atoms with Gasteiger partial charge in [-0.25, -0.2) is 0 Å². The highest BCUT2D eigenvalue weighted by molar-refractivity contribution is 5.81. The molecule has 0 bridgehead atoms. The smallest absolute Gasteiger partial charge is 0.194 e. The molecular formula is C11H13N3O3. The molecule has 0 spiro atoms. The van der Waals surface area contributed by atoms with E-state index in [1.54, 1.807) is 17.8 Å². The van der Waals surface area contributed by atoms with Crippen LogP contribution in [-0.4, -0.2) is 27.5 Å². The van der Waals surface area contributed by atoms with Crippen LogP contribution < -0.4 is 0 Å². The van der Waals surface area contributed by atoms with Crippen LogP contribution >= 0.6 is 0 Å². The van der Waals surface area contributed by atoms with E-state index in [9.17, 15) is 4.79 Å². The molecule has 0 amide bonds. The molecule has 0 saturated heterocycles. The van der Waals surface area contributed by atoms with Crippen molar-refractivity contribution in [2.75, 3.05) is 7.05 Å². The van der Waals surface area contributed by atoms with Crippen LogP contribution in [-0.2, 0) is 11.3 Å². The Morgan fingerprint density at radius 1 is 1.47 bits per heavy atom. The average molecular weight is 235 g/mol.